The van der Waals surface area contributed by atoms with Crippen LogP contribution in [0.3, 0.4) is 0 Å². The highest BCUT2D eigenvalue weighted by molar-refractivity contribution is 6.00. The van der Waals surface area contributed by atoms with E-state index in [1.165, 1.54) is 12.7 Å². The number of aryl methyl sites for hydroxylation is 1. The number of anilines is 1. The summed E-state index contributed by atoms with van der Waals surface area (Å²) in [5.74, 6) is 0.314. The topological polar surface area (TPSA) is 64.3 Å². The summed E-state index contributed by atoms with van der Waals surface area (Å²) in [7, 11) is 1.53. The number of nitrogens with two attached hydrogens (primary N) is 1. The fourth-order valence-electron chi connectivity index (χ4n) is 2.27. The standard InChI is InChI=1S/C17H20N2O2/c1-3-12-7-4-5-8-13(12)11-19-17(20)14-9-6-10-15(21-2)16(14)18/h4-10H,3,11,18H2,1-2H3,(H,19,20). The Labute approximate surface area is 124 Å². The minimum atomic E-state index is -0.197. The van der Waals surface area contributed by atoms with Gasteiger partial charge in [0.2, 0.25) is 0 Å². The van der Waals surface area contributed by atoms with Gasteiger partial charge in [-0.25, -0.2) is 0 Å². The molecular formula is C17H20N2O2. The van der Waals surface area contributed by atoms with Crippen LogP contribution in [0.25, 0.3) is 0 Å². The number of carbonyl (C=O) groups is 1. The monoisotopic (exact) mass is 284 g/mol. The Morgan fingerprint density at radius 1 is 1.14 bits per heavy atom. The van der Waals surface area contributed by atoms with E-state index < -0.39 is 0 Å². The third kappa shape index (κ3) is 3.34. The first-order valence-corrected chi connectivity index (χ1v) is 6.94. The van der Waals surface area contributed by atoms with Crippen LogP contribution in [0.1, 0.15) is 28.4 Å². The molecule has 0 aliphatic heterocycles. The largest absolute Gasteiger partial charge is 0.495 e. The average molecular weight is 284 g/mol. The van der Waals surface area contributed by atoms with Crippen LogP contribution in [0.4, 0.5) is 5.69 Å². The van der Waals surface area contributed by atoms with Gasteiger partial charge in [-0.3, -0.25) is 4.79 Å². The van der Waals surface area contributed by atoms with Crippen LogP contribution in [0.2, 0.25) is 0 Å². The van der Waals surface area contributed by atoms with Gasteiger partial charge in [0.25, 0.3) is 5.91 Å². The molecule has 2 aromatic rings. The van der Waals surface area contributed by atoms with Crippen molar-refractivity contribution in [1.82, 2.24) is 5.32 Å². The van der Waals surface area contributed by atoms with Crippen molar-refractivity contribution in [1.29, 1.82) is 0 Å². The number of hydrogen-bond donors (Lipinski definition) is 2. The Morgan fingerprint density at radius 2 is 1.86 bits per heavy atom. The van der Waals surface area contributed by atoms with Crippen molar-refractivity contribution in [2.24, 2.45) is 0 Å². The molecule has 3 N–H and O–H groups in total. The molecular weight excluding hydrogens is 264 g/mol. The van der Waals surface area contributed by atoms with Gasteiger partial charge in [-0.05, 0) is 29.7 Å². The fourth-order valence-corrected chi connectivity index (χ4v) is 2.27. The Hall–Kier alpha value is -2.49. The number of nitrogens with one attached hydrogen (secondary N) is 1. The Morgan fingerprint density at radius 3 is 2.52 bits per heavy atom. The zero-order valence-corrected chi connectivity index (χ0v) is 12.3. The van der Waals surface area contributed by atoms with Crippen molar-refractivity contribution >= 4 is 11.6 Å². The highest BCUT2D eigenvalue weighted by atomic mass is 16.5. The van der Waals surface area contributed by atoms with E-state index in [0.717, 1.165) is 12.0 Å². The summed E-state index contributed by atoms with van der Waals surface area (Å²) in [5.41, 5.74) is 9.08. The Kier molecular flexibility index (Phi) is 4.82. The molecule has 0 heterocycles. The van der Waals surface area contributed by atoms with Gasteiger partial charge in [-0.1, -0.05) is 37.3 Å². The lowest BCUT2D eigenvalue weighted by Crippen LogP contribution is -2.24. The molecule has 0 aliphatic rings. The summed E-state index contributed by atoms with van der Waals surface area (Å²) >= 11 is 0. The average Bonchev–Trinajstić information content (AvgIpc) is 2.53. The molecule has 0 aromatic heterocycles. The Balaban J connectivity index is 2.12. The summed E-state index contributed by atoms with van der Waals surface area (Å²) in [6.45, 7) is 2.58. The second-order valence-electron chi connectivity index (χ2n) is 4.73. The number of hydrogen-bond acceptors (Lipinski definition) is 3. The predicted octanol–water partition coefficient (Wildman–Crippen LogP) is 2.77. The van der Waals surface area contributed by atoms with Crippen molar-refractivity contribution < 1.29 is 9.53 Å². The van der Waals surface area contributed by atoms with E-state index in [1.807, 2.05) is 18.2 Å². The second kappa shape index (κ2) is 6.79. The van der Waals surface area contributed by atoms with Gasteiger partial charge < -0.3 is 15.8 Å². The molecule has 21 heavy (non-hydrogen) atoms. The first-order valence-electron chi connectivity index (χ1n) is 6.94. The van der Waals surface area contributed by atoms with Crippen LogP contribution in [0.5, 0.6) is 5.75 Å². The lowest BCUT2D eigenvalue weighted by molar-refractivity contribution is 0.0951. The van der Waals surface area contributed by atoms with E-state index in [4.69, 9.17) is 10.5 Å². The van der Waals surface area contributed by atoms with E-state index in [-0.39, 0.29) is 5.91 Å². The number of amides is 1. The van der Waals surface area contributed by atoms with Gasteiger partial charge in [0, 0.05) is 6.54 Å². The van der Waals surface area contributed by atoms with E-state index >= 15 is 0 Å². The van der Waals surface area contributed by atoms with Gasteiger partial charge in [0.1, 0.15) is 5.75 Å². The van der Waals surface area contributed by atoms with Gasteiger partial charge in [-0.2, -0.15) is 0 Å². The van der Waals surface area contributed by atoms with Gasteiger partial charge in [0.05, 0.1) is 18.4 Å². The number of nitrogen functional groups attached to an aromatic ring is 1. The number of ether oxygens (including phenoxy) is 1. The zero-order valence-electron chi connectivity index (χ0n) is 12.3. The first kappa shape index (κ1) is 14.9. The third-order valence-corrected chi connectivity index (χ3v) is 3.47. The zero-order chi connectivity index (χ0) is 15.2. The van der Waals surface area contributed by atoms with Crippen LogP contribution in [-0.2, 0) is 13.0 Å². The van der Waals surface area contributed by atoms with Crippen LogP contribution in [0, 0.1) is 0 Å². The maximum atomic E-state index is 12.3. The van der Waals surface area contributed by atoms with Gasteiger partial charge >= 0.3 is 0 Å². The molecule has 0 spiro atoms. The van der Waals surface area contributed by atoms with E-state index in [0.29, 0.717) is 23.5 Å². The quantitative estimate of drug-likeness (QED) is 0.830. The van der Waals surface area contributed by atoms with E-state index in [1.54, 1.807) is 18.2 Å². The second-order valence-corrected chi connectivity index (χ2v) is 4.73. The van der Waals surface area contributed by atoms with Gasteiger partial charge in [0.15, 0.2) is 0 Å². The number of carbonyl (C=O) groups excluding carboxylic acids is 1. The number of benzene rings is 2. The molecule has 4 nitrogen and oxygen atoms in total. The van der Waals surface area contributed by atoms with Crippen molar-refractivity contribution in [3.05, 3.63) is 59.2 Å². The molecule has 0 unspecified atom stereocenters. The normalized spacial score (nSPS) is 10.2. The van der Waals surface area contributed by atoms with Crippen LogP contribution in [-0.4, -0.2) is 13.0 Å². The third-order valence-electron chi connectivity index (χ3n) is 3.47. The molecule has 4 heteroatoms. The Bertz CT molecular complexity index is 638. The molecule has 1 amide bonds. The molecule has 0 radical (unpaired) electrons. The summed E-state index contributed by atoms with van der Waals surface area (Å²) < 4.78 is 5.13. The molecule has 2 rings (SSSR count). The minimum absolute atomic E-state index is 0.197. The number of para-hydroxylation sites is 1. The van der Waals surface area contributed by atoms with Crippen molar-refractivity contribution in [3.8, 4) is 5.75 Å². The molecule has 2 aromatic carbocycles. The van der Waals surface area contributed by atoms with Crippen LogP contribution in [0.15, 0.2) is 42.5 Å². The molecule has 0 saturated carbocycles. The molecule has 110 valence electrons. The first-order chi connectivity index (χ1) is 10.2. The summed E-state index contributed by atoms with van der Waals surface area (Å²) in [4.78, 5) is 12.3. The molecule has 0 fully saturated rings. The number of methoxy groups -OCH3 is 1. The summed E-state index contributed by atoms with van der Waals surface area (Å²) in [6.07, 6.45) is 0.938. The fraction of sp³-hybridized carbons (Fsp3) is 0.235. The molecule has 0 saturated heterocycles. The van der Waals surface area contributed by atoms with Crippen LogP contribution >= 0.6 is 0 Å². The van der Waals surface area contributed by atoms with Crippen molar-refractivity contribution in [2.45, 2.75) is 19.9 Å². The van der Waals surface area contributed by atoms with Gasteiger partial charge in [-0.15, -0.1) is 0 Å². The lowest BCUT2D eigenvalue weighted by atomic mass is 10.1. The predicted molar refractivity (Wildman–Crippen MR) is 84.4 cm³/mol. The number of rotatable bonds is 5. The van der Waals surface area contributed by atoms with Crippen LogP contribution < -0.4 is 15.8 Å². The van der Waals surface area contributed by atoms with E-state index in [9.17, 15) is 4.79 Å². The minimum Gasteiger partial charge on any atom is -0.495 e. The highest BCUT2D eigenvalue weighted by Crippen LogP contribution is 2.24. The smallest absolute Gasteiger partial charge is 0.253 e. The summed E-state index contributed by atoms with van der Waals surface area (Å²) in [5, 5.41) is 2.91. The van der Waals surface area contributed by atoms with E-state index in [2.05, 4.69) is 18.3 Å². The van der Waals surface area contributed by atoms with Crippen molar-refractivity contribution in [3.63, 3.8) is 0 Å². The molecule has 0 atom stereocenters. The molecule has 0 bridgehead atoms. The van der Waals surface area contributed by atoms with Crippen molar-refractivity contribution in [2.75, 3.05) is 12.8 Å². The maximum absolute atomic E-state index is 12.3. The SMILES string of the molecule is CCc1ccccc1CNC(=O)c1cccc(OC)c1N. The summed E-state index contributed by atoms with van der Waals surface area (Å²) in [6, 6.07) is 13.3. The molecule has 0 aliphatic carbocycles. The lowest BCUT2D eigenvalue weighted by Gasteiger charge is -2.12. The highest BCUT2D eigenvalue weighted by Gasteiger charge is 2.13. The maximum Gasteiger partial charge on any atom is 0.253 e.